The molecule has 0 aliphatic carbocycles. The minimum Gasteiger partial charge on any atom is -0.480 e. The highest BCUT2D eigenvalue weighted by Gasteiger charge is 2.35. The number of nitrogens with two attached hydrogens (primary N) is 1. The van der Waals surface area contributed by atoms with Gasteiger partial charge in [0.15, 0.2) is 0 Å². The maximum atomic E-state index is 13.4. The number of carbonyl (C=O) groups is 8. The summed E-state index contributed by atoms with van der Waals surface area (Å²) in [6.07, 6.45) is -1.83. The largest absolute Gasteiger partial charge is 0.480 e. The molecule has 21 heteroatoms. The monoisotopic (exact) mass is 766 g/mol. The van der Waals surface area contributed by atoms with Crippen molar-refractivity contribution in [3.05, 3.63) is 35.9 Å². The van der Waals surface area contributed by atoms with E-state index in [4.69, 9.17) is 5.73 Å². The van der Waals surface area contributed by atoms with E-state index in [1.807, 2.05) is 0 Å². The number of rotatable bonds is 14. The Balaban J connectivity index is 2.29. The van der Waals surface area contributed by atoms with E-state index in [9.17, 15) is 63.9 Å². The number of carboxylic acids is 1. The lowest BCUT2D eigenvalue weighted by Gasteiger charge is -2.28. The molecule has 1 aliphatic heterocycles. The number of aliphatic carboxylic acids is 1. The number of hydrogen-bond acceptors (Lipinski definition) is 13. The van der Waals surface area contributed by atoms with E-state index < -0.39 is 116 Å². The van der Waals surface area contributed by atoms with Crippen LogP contribution in [0.25, 0.3) is 0 Å². The van der Waals surface area contributed by atoms with E-state index in [1.54, 1.807) is 30.3 Å². The first-order valence-corrected chi connectivity index (χ1v) is 17.2. The number of nitrogens with one attached hydrogen (secondary N) is 7. The summed E-state index contributed by atoms with van der Waals surface area (Å²) in [6, 6.07) is -2.26. The fourth-order valence-corrected chi connectivity index (χ4v) is 5.27. The molecule has 1 heterocycles. The summed E-state index contributed by atoms with van der Waals surface area (Å²) < 4.78 is 0. The van der Waals surface area contributed by atoms with Crippen molar-refractivity contribution in [2.45, 2.75) is 93.8 Å². The molecule has 7 amide bonds. The first-order valence-electron chi connectivity index (χ1n) is 17.2. The molecule has 1 aliphatic rings. The van der Waals surface area contributed by atoms with Gasteiger partial charge in [-0.2, -0.15) is 0 Å². The molecule has 0 spiro atoms. The van der Waals surface area contributed by atoms with Crippen LogP contribution in [0, 0.1) is 0 Å². The summed E-state index contributed by atoms with van der Waals surface area (Å²) in [5.74, 6) is -8.22. The van der Waals surface area contributed by atoms with E-state index in [0.29, 0.717) is 5.56 Å². The third-order valence-corrected chi connectivity index (χ3v) is 8.37. The molecular weight excluding hydrogens is 716 g/mol. The van der Waals surface area contributed by atoms with Crippen molar-refractivity contribution in [1.29, 1.82) is 0 Å². The molecule has 1 aromatic rings. The van der Waals surface area contributed by atoms with Gasteiger partial charge in [0.1, 0.15) is 36.3 Å². The normalized spacial score (nSPS) is 23.0. The molecule has 21 nitrogen and oxygen atoms in total. The van der Waals surface area contributed by atoms with Crippen molar-refractivity contribution in [1.82, 2.24) is 37.2 Å². The number of carbonyl (C=O) groups excluding carboxylic acids is 7. The molecule has 2 unspecified atom stereocenters. The molecule has 2 rings (SSSR count). The molecule has 0 radical (unpaired) electrons. The van der Waals surface area contributed by atoms with Crippen LogP contribution in [0.1, 0.15) is 44.6 Å². The van der Waals surface area contributed by atoms with Crippen molar-refractivity contribution in [3.8, 4) is 0 Å². The summed E-state index contributed by atoms with van der Waals surface area (Å²) >= 11 is 0. The van der Waals surface area contributed by atoms with Crippen LogP contribution in [-0.4, -0.2) is 148 Å². The van der Waals surface area contributed by atoms with Gasteiger partial charge in [0.2, 0.25) is 41.4 Å². The van der Waals surface area contributed by atoms with Crippen molar-refractivity contribution in [2.24, 2.45) is 5.73 Å². The standard InChI is InChI=1S/C33H50N8O13/c1-17(45)26-32(52)40-23(15-43)30(50)37-20(10-11-25(46)35-12-6-5-9-19(29(49)41-26)36-24(16-44)33(53)54)28(48)39-22(14-42)31(51)38-21(27(34)47)13-18-7-3-2-4-8-18/h2-4,7-8,17,19-24,26,36,42-45H,5-6,9-16H2,1H3,(H2,34,47)(H,35,46)(H,37,50)(H,38,51)(H,39,48)(H,40,52)(H,41,49)(H,53,54)/t17-,19?,20?,21+,22+,23+,24+,26+/m1/s1. The minimum atomic E-state index is -1.79. The Morgan fingerprint density at radius 3 is 2.09 bits per heavy atom. The maximum absolute atomic E-state index is 13.4. The second-order valence-corrected chi connectivity index (χ2v) is 12.6. The summed E-state index contributed by atoms with van der Waals surface area (Å²) in [6.45, 7) is -1.66. The summed E-state index contributed by atoms with van der Waals surface area (Å²) in [4.78, 5) is 102. The van der Waals surface area contributed by atoms with E-state index in [0.717, 1.165) is 6.92 Å². The van der Waals surface area contributed by atoms with Gasteiger partial charge in [-0.25, -0.2) is 0 Å². The Morgan fingerprint density at radius 1 is 0.852 bits per heavy atom. The van der Waals surface area contributed by atoms with E-state index in [2.05, 4.69) is 37.2 Å². The van der Waals surface area contributed by atoms with Gasteiger partial charge in [0, 0.05) is 19.4 Å². The third-order valence-electron chi connectivity index (χ3n) is 8.37. The van der Waals surface area contributed by atoms with E-state index >= 15 is 0 Å². The summed E-state index contributed by atoms with van der Waals surface area (Å²) in [7, 11) is 0. The Hall–Kier alpha value is -5.22. The maximum Gasteiger partial charge on any atom is 0.323 e. The lowest BCUT2D eigenvalue weighted by atomic mass is 10.0. The average molecular weight is 767 g/mol. The number of aliphatic hydroxyl groups is 4. The molecule has 300 valence electrons. The van der Waals surface area contributed by atoms with Crippen LogP contribution in [0.15, 0.2) is 30.3 Å². The molecule has 54 heavy (non-hydrogen) atoms. The van der Waals surface area contributed by atoms with E-state index in [1.165, 1.54) is 0 Å². The van der Waals surface area contributed by atoms with Crippen LogP contribution in [0.3, 0.4) is 0 Å². The predicted octanol–water partition coefficient (Wildman–Crippen LogP) is -6.01. The van der Waals surface area contributed by atoms with Crippen LogP contribution in [-0.2, 0) is 44.8 Å². The summed E-state index contributed by atoms with van der Waals surface area (Å²) in [5.41, 5.74) is 6.12. The van der Waals surface area contributed by atoms with Gasteiger partial charge in [-0.3, -0.25) is 43.7 Å². The van der Waals surface area contributed by atoms with Crippen LogP contribution in [0.4, 0.5) is 0 Å². The van der Waals surface area contributed by atoms with Crippen LogP contribution in [0.2, 0.25) is 0 Å². The topological polar surface area (TPSA) is 348 Å². The fraction of sp³-hybridized carbons (Fsp3) is 0.576. The van der Waals surface area contributed by atoms with Crippen LogP contribution >= 0.6 is 0 Å². The highest BCUT2D eigenvalue weighted by Crippen LogP contribution is 2.08. The zero-order chi connectivity index (χ0) is 40.4. The smallest absolute Gasteiger partial charge is 0.323 e. The van der Waals surface area contributed by atoms with Gasteiger partial charge >= 0.3 is 5.97 Å². The van der Waals surface area contributed by atoms with Crippen LogP contribution < -0.4 is 43.0 Å². The number of hydrogen-bond donors (Lipinski definition) is 13. The zero-order valence-electron chi connectivity index (χ0n) is 29.7. The Labute approximate surface area is 310 Å². The number of amides is 7. The third kappa shape index (κ3) is 14.7. The first-order chi connectivity index (χ1) is 25.6. The van der Waals surface area contributed by atoms with Gasteiger partial charge in [-0.15, -0.1) is 0 Å². The molecule has 8 atom stereocenters. The van der Waals surface area contributed by atoms with Crippen molar-refractivity contribution in [3.63, 3.8) is 0 Å². The van der Waals surface area contributed by atoms with Gasteiger partial charge < -0.3 is 63.2 Å². The SMILES string of the molecule is C[C@@H](O)[C@@H]1NC(=O)C(N[C@@H](CO)C(=O)O)CCCCNC(=O)CCC(C(=O)N[C@@H](CO)C(=O)N[C@@H](Cc2ccccc2)C(N)=O)NC(=O)[C@H](CO)NC1=O. The van der Waals surface area contributed by atoms with Crippen molar-refractivity contribution >= 4 is 47.3 Å². The van der Waals surface area contributed by atoms with Gasteiger partial charge in [-0.05, 0) is 38.2 Å². The molecule has 1 saturated heterocycles. The van der Waals surface area contributed by atoms with Crippen molar-refractivity contribution < 1.29 is 63.9 Å². The Morgan fingerprint density at radius 2 is 1.52 bits per heavy atom. The lowest BCUT2D eigenvalue weighted by molar-refractivity contribution is -0.141. The molecule has 0 aromatic heterocycles. The van der Waals surface area contributed by atoms with E-state index in [-0.39, 0.29) is 45.1 Å². The first kappa shape index (κ1) is 44.9. The second kappa shape index (κ2) is 22.8. The summed E-state index contributed by atoms with van der Waals surface area (Å²) in [5, 5.41) is 65.5. The van der Waals surface area contributed by atoms with Crippen LogP contribution in [0.5, 0.6) is 0 Å². The predicted molar refractivity (Wildman–Crippen MR) is 186 cm³/mol. The fourth-order valence-electron chi connectivity index (χ4n) is 5.27. The molecule has 1 aromatic carbocycles. The Bertz CT molecular complexity index is 1460. The van der Waals surface area contributed by atoms with Crippen molar-refractivity contribution in [2.75, 3.05) is 26.4 Å². The Kier molecular flexibility index (Phi) is 18.9. The number of carboxylic acid groups (broad SMARTS) is 1. The molecule has 14 N–H and O–H groups in total. The lowest BCUT2D eigenvalue weighted by Crippen LogP contribution is -2.62. The van der Waals surface area contributed by atoms with Gasteiger partial charge in [0.05, 0.1) is 32.0 Å². The van der Waals surface area contributed by atoms with Gasteiger partial charge in [0.25, 0.3) is 0 Å². The quantitative estimate of drug-likeness (QED) is 0.0839. The van der Waals surface area contributed by atoms with Gasteiger partial charge in [-0.1, -0.05) is 30.3 Å². The number of benzene rings is 1. The minimum absolute atomic E-state index is 0.00202. The molecule has 0 saturated carbocycles. The zero-order valence-corrected chi connectivity index (χ0v) is 29.7. The second-order valence-electron chi connectivity index (χ2n) is 12.6. The number of primary amides is 1. The average Bonchev–Trinajstić information content (AvgIpc) is 3.13. The molecule has 1 fully saturated rings. The highest BCUT2D eigenvalue weighted by atomic mass is 16.4. The number of aliphatic hydroxyl groups excluding tert-OH is 4. The molecular formula is C33H50N8O13. The highest BCUT2D eigenvalue weighted by molar-refractivity contribution is 5.97. The molecule has 0 bridgehead atoms.